The summed E-state index contributed by atoms with van der Waals surface area (Å²) in [6, 6.07) is 10.4. The van der Waals surface area contributed by atoms with Crippen molar-refractivity contribution in [3.05, 3.63) is 41.5 Å². The third-order valence-electron chi connectivity index (χ3n) is 2.47. The Kier molecular flexibility index (Phi) is 2.35. The topological polar surface area (TPSA) is 29.1 Å². The van der Waals surface area contributed by atoms with Crippen LogP contribution in [0, 0.1) is 0 Å². The van der Waals surface area contributed by atoms with Crippen molar-refractivity contribution in [1.29, 1.82) is 0 Å². The molecule has 1 heterocycles. The van der Waals surface area contributed by atoms with E-state index in [1.807, 2.05) is 18.2 Å². The fraction of sp³-hybridized carbons (Fsp3) is 0.250. The fourth-order valence-electron chi connectivity index (χ4n) is 1.55. The average molecular weight is 187 g/mol. The predicted molar refractivity (Wildman–Crippen MR) is 56.6 cm³/mol. The number of nitrogens with one attached hydrogen (secondary N) is 1. The minimum Gasteiger partial charge on any atom is -0.349 e. The van der Waals surface area contributed by atoms with Gasteiger partial charge in [-0.1, -0.05) is 42.0 Å². The molecular weight excluding hydrogens is 174 g/mol. The summed E-state index contributed by atoms with van der Waals surface area (Å²) in [7, 11) is 0. The molecule has 14 heavy (non-hydrogen) atoms. The summed E-state index contributed by atoms with van der Waals surface area (Å²) in [6.45, 7) is 2.05. The molecule has 1 saturated heterocycles. The number of rotatable bonds is 2. The highest BCUT2D eigenvalue weighted by Gasteiger charge is 2.25. The Bertz CT molecular complexity index is 359. The molecule has 1 fully saturated rings. The normalized spacial score (nSPS) is 21.4. The summed E-state index contributed by atoms with van der Waals surface area (Å²) < 4.78 is 0. The highest BCUT2D eigenvalue weighted by atomic mass is 16.2. The third kappa shape index (κ3) is 1.84. The van der Waals surface area contributed by atoms with Crippen LogP contribution >= 0.6 is 0 Å². The van der Waals surface area contributed by atoms with Crippen LogP contribution in [-0.2, 0) is 4.79 Å². The first kappa shape index (κ1) is 9.00. The summed E-state index contributed by atoms with van der Waals surface area (Å²) in [4.78, 5) is 10.7. The van der Waals surface area contributed by atoms with Crippen LogP contribution in [0.5, 0.6) is 0 Å². The van der Waals surface area contributed by atoms with Gasteiger partial charge in [0.15, 0.2) is 0 Å². The molecule has 1 unspecified atom stereocenters. The van der Waals surface area contributed by atoms with E-state index in [4.69, 9.17) is 0 Å². The number of carbonyl (C=O) groups is 1. The Morgan fingerprint density at radius 1 is 1.43 bits per heavy atom. The zero-order chi connectivity index (χ0) is 9.97. The first-order valence-electron chi connectivity index (χ1n) is 4.78. The second-order valence-electron chi connectivity index (χ2n) is 3.62. The minimum absolute atomic E-state index is 0.149. The van der Waals surface area contributed by atoms with Gasteiger partial charge in [0.05, 0.1) is 12.5 Å². The SMILES string of the molecule is CC(=Cc1ccccc1)C1CC(=O)N1. The molecule has 0 saturated carbocycles. The molecule has 1 N–H and O–H groups in total. The second kappa shape index (κ2) is 3.66. The molecule has 0 aliphatic carbocycles. The van der Waals surface area contributed by atoms with Crippen LogP contribution in [0.1, 0.15) is 18.9 Å². The van der Waals surface area contributed by atoms with E-state index < -0.39 is 0 Å². The second-order valence-corrected chi connectivity index (χ2v) is 3.62. The molecule has 1 aliphatic heterocycles. The van der Waals surface area contributed by atoms with Gasteiger partial charge in [0.25, 0.3) is 0 Å². The van der Waals surface area contributed by atoms with Gasteiger partial charge in [0, 0.05) is 0 Å². The Labute approximate surface area is 83.6 Å². The number of benzene rings is 1. The van der Waals surface area contributed by atoms with Crippen LogP contribution < -0.4 is 5.32 Å². The van der Waals surface area contributed by atoms with Gasteiger partial charge in [0.1, 0.15) is 0 Å². The van der Waals surface area contributed by atoms with Crippen LogP contribution in [0.25, 0.3) is 6.08 Å². The Balaban J connectivity index is 2.08. The van der Waals surface area contributed by atoms with E-state index in [1.165, 1.54) is 11.1 Å². The standard InChI is InChI=1S/C12H13NO/c1-9(11-8-12(14)13-11)7-10-5-3-2-4-6-10/h2-7,11H,8H2,1H3,(H,13,14). The largest absolute Gasteiger partial charge is 0.349 e. The lowest BCUT2D eigenvalue weighted by molar-refractivity contribution is -0.127. The molecule has 1 aromatic rings. The van der Waals surface area contributed by atoms with E-state index in [0.29, 0.717) is 6.42 Å². The van der Waals surface area contributed by atoms with Crippen LogP contribution in [0.3, 0.4) is 0 Å². The van der Waals surface area contributed by atoms with Crippen LogP contribution in [0.15, 0.2) is 35.9 Å². The van der Waals surface area contributed by atoms with Gasteiger partial charge in [-0.2, -0.15) is 0 Å². The average Bonchev–Trinajstić information content (AvgIpc) is 2.14. The van der Waals surface area contributed by atoms with E-state index in [2.05, 4.69) is 30.4 Å². The van der Waals surface area contributed by atoms with E-state index in [0.717, 1.165) is 0 Å². The lowest BCUT2D eigenvalue weighted by atomic mass is 9.96. The van der Waals surface area contributed by atoms with E-state index in [1.54, 1.807) is 0 Å². The summed E-state index contributed by atoms with van der Waals surface area (Å²) in [6.07, 6.45) is 2.75. The van der Waals surface area contributed by atoms with Crippen molar-refractivity contribution < 1.29 is 4.79 Å². The molecule has 2 nitrogen and oxygen atoms in total. The van der Waals surface area contributed by atoms with E-state index in [9.17, 15) is 4.79 Å². The monoisotopic (exact) mass is 187 g/mol. The summed E-state index contributed by atoms with van der Waals surface area (Å²) in [5.74, 6) is 0.149. The van der Waals surface area contributed by atoms with Gasteiger partial charge >= 0.3 is 0 Å². The molecular formula is C12H13NO. The molecule has 1 aliphatic rings. The smallest absolute Gasteiger partial charge is 0.222 e. The summed E-state index contributed by atoms with van der Waals surface area (Å²) in [5, 5.41) is 2.86. The highest BCUT2D eigenvalue weighted by Crippen LogP contribution is 2.16. The van der Waals surface area contributed by atoms with Gasteiger partial charge in [0.2, 0.25) is 5.91 Å². The van der Waals surface area contributed by atoms with Crippen molar-refractivity contribution in [2.75, 3.05) is 0 Å². The Morgan fingerprint density at radius 2 is 2.07 bits per heavy atom. The van der Waals surface area contributed by atoms with E-state index >= 15 is 0 Å². The highest BCUT2D eigenvalue weighted by molar-refractivity contribution is 5.84. The van der Waals surface area contributed by atoms with E-state index in [-0.39, 0.29) is 11.9 Å². The van der Waals surface area contributed by atoms with Gasteiger partial charge in [-0.3, -0.25) is 4.79 Å². The molecule has 2 rings (SSSR count). The van der Waals surface area contributed by atoms with Crippen molar-refractivity contribution in [3.8, 4) is 0 Å². The molecule has 0 spiro atoms. The maximum Gasteiger partial charge on any atom is 0.222 e. The fourth-order valence-corrected chi connectivity index (χ4v) is 1.55. The van der Waals surface area contributed by atoms with Crippen molar-refractivity contribution in [1.82, 2.24) is 5.32 Å². The maximum atomic E-state index is 10.7. The number of hydrogen-bond acceptors (Lipinski definition) is 1. The van der Waals surface area contributed by atoms with Gasteiger partial charge < -0.3 is 5.32 Å². The predicted octanol–water partition coefficient (Wildman–Crippen LogP) is 1.98. The lowest BCUT2D eigenvalue weighted by Gasteiger charge is -2.27. The zero-order valence-corrected chi connectivity index (χ0v) is 8.16. The minimum atomic E-state index is 0.149. The summed E-state index contributed by atoms with van der Waals surface area (Å²) >= 11 is 0. The molecule has 1 atom stereocenters. The van der Waals surface area contributed by atoms with Crippen LogP contribution in [0.4, 0.5) is 0 Å². The number of amides is 1. The first-order valence-corrected chi connectivity index (χ1v) is 4.78. The number of β-lactam (4-membered cyclic amide) rings is 1. The third-order valence-corrected chi connectivity index (χ3v) is 2.47. The van der Waals surface area contributed by atoms with Gasteiger partial charge in [-0.15, -0.1) is 0 Å². The van der Waals surface area contributed by atoms with Crippen molar-refractivity contribution in [2.24, 2.45) is 0 Å². The van der Waals surface area contributed by atoms with Crippen molar-refractivity contribution in [3.63, 3.8) is 0 Å². The maximum absolute atomic E-state index is 10.7. The quantitative estimate of drug-likeness (QED) is 0.705. The lowest BCUT2D eigenvalue weighted by Crippen LogP contribution is -2.48. The van der Waals surface area contributed by atoms with Crippen molar-refractivity contribution in [2.45, 2.75) is 19.4 Å². The number of hydrogen-bond donors (Lipinski definition) is 1. The molecule has 1 aromatic carbocycles. The van der Waals surface area contributed by atoms with Crippen molar-refractivity contribution >= 4 is 12.0 Å². The van der Waals surface area contributed by atoms with Gasteiger partial charge in [-0.25, -0.2) is 0 Å². The van der Waals surface area contributed by atoms with Crippen LogP contribution in [0.2, 0.25) is 0 Å². The molecule has 0 aromatic heterocycles. The molecule has 2 heteroatoms. The Hall–Kier alpha value is -1.57. The first-order chi connectivity index (χ1) is 6.75. The van der Waals surface area contributed by atoms with Crippen LogP contribution in [-0.4, -0.2) is 11.9 Å². The molecule has 1 amide bonds. The molecule has 0 radical (unpaired) electrons. The van der Waals surface area contributed by atoms with Gasteiger partial charge in [-0.05, 0) is 12.5 Å². The number of carbonyl (C=O) groups excluding carboxylic acids is 1. The Morgan fingerprint density at radius 3 is 2.64 bits per heavy atom. The molecule has 0 bridgehead atoms. The summed E-state index contributed by atoms with van der Waals surface area (Å²) in [5.41, 5.74) is 2.40. The zero-order valence-electron chi connectivity index (χ0n) is 8.16. The molecule has 72 valence electrons.